The largest absolute Gasteiger partial charge is 0.383 e. The second-order valence-electron chi connectivity index (χ2n) is 5.36. The van der Waals surface area contributed by atoms with Gasteiger partial charge in [0.2, 0.25) is 0 Å². The monoisotopic (exact) mass is 317 g/mol. The number of nitrogens with two attached hydrogens (primary N) is 1. The summed E-state index contributed by atoms with van der Waals surface area (Å²) in [5, 5.41) is 8.17. The highest BCUT2D eigenvalue weighted by atomic mass is 14.9. The summed E-state index contributed by atoms with van der Waals surface area (Å²) in [4.78, 5) is 4.25. The predicted octanol–water partition coefficient (Wildman–Crippen LogP) is 4.95. The van der Waals surface area contributed by atoms with Gasteiger partial charge in [0.25, 0.3) is 0 Å². The van der Waals surface area contributed by atoms with Gasteiger partial charge < -0.3 is 5.73 Å². The van der Waals surface area contributed by atoms with Gasteiger partial charge in [0.05, 0.1) is 0 Å². The average Bonchev–Trinajstić information content (AvgIpc) is 2.62. The Balaban J connectivity index is 2.21. The number of rotatable bonds is 5. The molecule has 0 saturated heterocycles. The van der Waals surface area contributed by atoms with Gasteiger partial charge in [-0.15, -0.1) is 0 Å². The van der Waals surface area contributed by atoms with Gasteiger partial charge in [0.1, 0.15) is 5.84 Å². The molecule has 3 nitrogen and oxygen atoms in total. The molecule has 0 radical (unpaired) electrons. The van der Waals surface area contributed by atoms with Crippen LogP contribution in [-0.4, -0.2) is 11.7 Å². The zero-order chi connectivity index (χ0) is 17.4. The normalized spacial score (nSPS) is 12.6. The minimum atomic E-state index is 0.165. The van der Waals surface area contributed by atoms with Crippen LogP contribution in [0, 0.1) is 5.41 Å². The van der Waals surface area contributed by atoms with E-state index < -0.39 is 0 Å². The first-order valence-electron chi connectivity index (χ1n) is 8.07. The van der Waals surface area contributed by atoms with E-state index in [0.717, 1.165) is 28.7 Å². The van der Waals surface area contributed by atoms with Gasteiger partial charge in [-0.1, -0.05) is 79.7 Å². The zero-order valence-electron chi connectivity index (χ0n) is 14.2. The number of nitrogens with zero attached hydrogens (tertiary/aromatic N) is 1. The molecular formula is C21H23N3. The van der Waals surface area contributed by atoms with E-state index in [1.807, 2.05) is 74.5 Å². The summed E-state index contributed by atoms with van der Waals surface area (Å²) in [6.45, 7) is 3.98. The number of benzene rings is 2. The van der Waals surface area contributed by atoms with Crippen molar-refractivity contribution < 1.29 is 0 Å². The second kappa shape index (κ2) is 8.63. The van der Waals surface area contributed by atoms with Crippen molar-refractivity contribution in [2.24, 2.45) is 10.7 Å². The molecule has 0 amide bonds. The van der Waals surface area contributed by atoms with Crippen LogP contribution < -0.4 is 5.73 Å². The van der Waals surface area contributed by atoms with Crippen molar-refractivity contribution in [2.45, 2.75) is 20.3 Å². The van der Waals surface area contributed by atoms with Crippen LogP contribution in [0.3, 0.4) is 0 Å². The first-order valence-corrected chi connectivity index (χ1v) is 8.07. The third-order valence-corrected chi connectivity index (χ3v) is 3.56. The van der Waals surface area contributed by atoms with Crippen molar-refractivity contribution in [3.63, 3.8) is 0 Å². The van der Waals surface area contributed by atoms with E-state index in [0.29, 0.717) is 5.84 Å². The first-order chi connectivity index (χ1) is 11.7. The van der Waals surface area contributed by atoms with E-state index in [2.05, 4.69) is 17.1 Å². The maximum absolute atomic E-state index is 8.17. The highest BCUT2D eigenvalue weighted by molar-refractivity contribution is 6.10. The molecule has 2 rings (SSSR count). The Morgan fingerprint density at radius 2 is 1.67 bits per heavy atom. The third-order valence-electron chi connectivity index (χ3n) is 3.56. The molecule has 122 valence electrons. The number of nitrogens with one attached hydrogen (secondary N) is 1. The van der Waals surface area contributed by atoms with E-state index in [1.54, 1.807) is 0 Å². The van der Waals surface area contributed by atoms with E-state index in [9.17, 15) is 0 Å². The van der Waals surface area contributed by atoms with E-state index >= 15 is 0 Å². The topological polar surface area (TPSA) is 62.2 Å². The molecule has 0 saturated carbocycles. The summed E-state index contributed by atoms with van der Waals surface area (Å²) < 4.78 is 0. The number of hydrogen-bond donors (Lipinski definition) is 2. The van der Waals surface area contributed by atoms with E-state index in [-0.39, 0.29) is 5.84 Å². The summed E-state index contributed by atoms with van der Waals surface area (Å²) in [6, 6.07) is 18.0. The maximum atomic E-state index is 8.17. The van der Waals surface area contributed by atoms with Crippen molar-refractivity contribution in [2.75, 3.05) is 0 Å². The Morgan fingerprint density at radius 1 is 1.04 bits per heavy atom. The van der Waals surface area contributed by atoms with Crippen molar-refractivity contribution in [3.05, 3.63) is 84.0 Å². The molecule has 2 aromatic rings. The molecule has 3 N–H and O–H groups in total. The van der Waals surface area contributed by atoms with E-state index in [1.165, 1.54) is 0 Å². The Labute approximate surface area is 143 Å². The summed E-state index contributed by atoms with van der Waals surface area (Å²) in [7, 11) is 0. The molecule has 0 spiro atoms. The highest BCUT2D eigenvalue weighted by Gasteiger charge is 2.04. The first kappa shape index (κ1) is 17.4. The lowest BCUT2D eigenvalue weighted by Crippen LogP contribution is -2.16. The predicted molar refractivity (Wildman–Crippen MR) is 104 cm³/mol. The minimum Gasteiger partial charge on any atom is -0.383 e. The van der Waals surface area contributed by atoms with Gasteiger partial charge in [-0.05, 0) is 24.5 Å². The number of allylic oxidation sites excluding steroid dienone is 2. The smallest absolute Gasteiger partial charge is 0.154 e. The average molecular weight is 317 g/mol. The van der Waals surface area contributed by atoms with Crippen LogP contribution in [0.1, 0.15) is 25.8 Å². The standard InChI is InChI=1S/C21H23N3/c1-3-8-18(9-4-2)20(22)24-21(23)19-14-12-17(13-15-19)16-10-6-5-7-11-16/h3,5-15H,4H2,1-2H3,(H3,22,23,24)/b8-3-,18-9+. The number of aliphatic imine (C=N–C) groups is 1. The molecule has 0 unspecified atom stereocenters. The molecule has 0 heterocycles. The zero-order valence-corrected chi connectivity index (χ0v) is 14.2. The van der Waals surface area contributed by atoms with Crippen LogP contribution >= 0.6 is 0 Å². The van der Waals surface area contributed by atoms with Gasteiger partial charge in [-0.3, -0.25) is 5.41 Å². The minimum absolute atomic E-state index is 0.165. The van der Waals surface area contributed by atoms with Crippen LogP contribution in [-0.2, 0) is 0 Å². The highest BCUT2D eigenvalue weighted by Crippen LogP contribution is 2.19. The molecule has 0 aliphatic rings. The summed E-state index contributed by atoms with van der Waals surface area (Å²) in [5.41, 5.74) is 9.90. The molecule has 3 heteroatoms. The van der Waals surface area contributed by atoms with Gasteiger partial charge in [-0.2, -0.15) is 0 Å². The van der Waals surface area contributed by atoms with Gasteiger partial charge in [-0.25, -0.2) is 4.99 Å². The van der Waals surface area contributed by atoms with Gasteiger partial charge >= 0.3 is 0 Å². The third kappa shape index (κ3) is 4.53. The lowest BCUT2D eigenvalue weighted by atomic mass is 10.0. The maximum Gasteiger partial charge on any atom is 0.154 e. The molecule has 0 aliphatic carbocycles. The molecule has 0 aliphatic heterocycles. The van der Waals surface area contributed by atoms with Gasteiger partial charge in [0.15, 0.2) is 5.84 Å². The fraction of sp³-hybridized carbons (Fsp3) is 0.143. The summed E-state index contributed by atoms with van der Waals surface area (Å²) in [5.74, 6) is 0.533. The molecule has 0 bridgehead atoms. The fourth-order valence-electron chi connectivity index (χ4n) is 2.36. The van der Waals surface area contributed by atoms with Crippen molar-refractivity contribution in [1.29, 1.82) is 5.41 Å². The fourth-order valence-corrected chi connectivity index (χ4v) is 2.36. The van der Waals surface area contributed by atoms with Crippen molar-refractivity contribution >= 4 is 11.7 Å². The van der Waals surface area contributed by atoms with Crippen LogP contribution in [0.5, 0.6) is 0 Å². The quantitative estimate of drug-likeness (QED) is 0.457. The Kier molecular flexibility index (Phi) is 6.26. The SMILES string of the molecule is C/C=C\C(=C/CC)C(N)=NC(=N)c1ccc(-c2ccccc2)cc1. The van der Waals surface area contributed by atoms with Crippen LogP contribution in [0.15, 0.2) is 83.4 Å². The number of amidine groups is 2. The lowest BCUT2D eigenvalue weighted by molar-refractivity contribution is 1.21. The molecule has 0 atom stereocenters. The molecule has 2 aromatic carbocycles. The van der Waals surface area contributed by atoms with Crippen molar-refractivity contribution in [1.82, 2.24) is 0 Å². The second-order valence-corrected chi connectivity index (χ2v) is 5.36. The molecular weight excluding hydrogens is 294 g/mol. The Hall–Kier alpha value is -2.94. The molecule has 0 fully saturated rings. The van der Waals surface area contributed by atoms with Crippen molar-refractivity contribution in [3.8, 4) is 11.1 Å². The van der Waals surface area contributed by atoms with Crippen LogP contribution in [0.4, 0.5) is 0 Å². The Bertz CT molecular complexity index is 766. The Morgan fingerprint density at radius 3 is 2.25 bits per heavy atom. The van der Waals surface area contributed by atoms with Crippen LogP contribution in [0.2, 0.25) is 0 Å². The summed E-state index contributed by atoms with van der Waals surface area (Å²) in [6.07, 6.45) is 6.70. The van der Waals surface area contributed by atoms with Crippen LogP contribution in [0.25, 0.3) is 11.1 Å². The lowest BCUT2D eigenvalue weighted by Gasteiger charge is -2.05. The van der Waals surface area contributed by atoms with Gasteiger partial charge in [0, 0.05) is 11.1 Å². The van der Waals surface area contributed by atoms with E-state index in [4.69, 9.17) is 11.1 Å². The number of hydrogen-bond acceptors (Lipinski definition) is 1. The molecule has 0 aromatic heterocycles. The molecule has 24 heavy (non-hydrogen) atoms. The summed E-state index contributed by atoms with van der Waals surface area (Å²) >= 11 is 0.